The largest absolute Gasteiger partial charge is 0.377 e. The summed E-state index contributed by atoms with van der Waals surface area (Å²) < 4.78 is 14.7. The third-order valence-electron chi connectivity index (χ3n) is 6.60. The van der Waals surface area contributed by atoms with Gasteiger partial charge in [0, 0.05) is 30.4 Å². The van der Waals surface area contributed by atoms with Crippen LogP contribution >= 0.6 is 0 Å². The fourth-order valence-electron chi connectivity index (χ4n) is 4.17. The third kappa shape index (κ3) is 5.06. The summed E-state index contributed by atoms with van der Waals surface area (Å²) in [5, 5.41) is 3.48. The van der Waals surface area contributed by atoms with Crippen LogP contribution in [0.2, 0.25) is 0 Å². The van der Waals surface area contributed by atoms with Crippen LogP contribution in [0, 0.1) is 12.7 Å². The van der Waals surface area contributed by atoms with Crippen molar-refractivity contribution in [1.82, 2.24) is 4.90 Å². The number of anilines is 1. The average Bonchev–Trinajstić information content (AvgIpc) is 2.77. The second kappa shape index (κ2) is 9.63. The highest BCUT2D eigenvalue weighted by Crippen LogP contribution is 2.26. The quantitative estimate of drug-likeness (QED) is 0.513. The normalized spacial score (nSPS) is 22.2. The second-order valence-electron chi connectivity index (χ2n) is 8.79. The van der Waals surface area contributed by atoms with Crippen molar-refractivity contribution in [1.29, 1.82) is 0 Å². The number of hydrogen-bond donors (Lipinski definition) is 2. The van der Waals surface area contributed by atoms with Crippen LogP contribution in [-0.2, 0) is 4.79 Å². The maximum Gasteiger partial charge on any atom is 0.338 e. The molecule has 0 spiro atoms. The Labute approximate surface area is 189 Å². The van der Waals surface area contributed by atoms with Crippen LogP contribution in [-0.4, -0.2) is 60.5 Å². The number of piperazine rings is 1. The van der Waals surface area contributed by atoms with Crippen molar-refractivity contribution in [3.63, 3.8) is 0 Å². The van der Waals surface area contributed by atoms with Gasteiger partial charge in [0.2, 0.25) is 5.91 Å². The molecule has 170 valence electrons. The van der Waals surface area contributed by atoms with Gasteiger partial charge in [-0.15, -0.1) is 0 Å². The van der Waals surface area contributed by atoms with E-state index >= 15 is 0 Å². The molecule has 0 bridgehead atoms. The molecule has 2 aromatic carbocycles. The van der Waals surface area contributed by atoms with Crippen LogP contribution in [0.5, 0.6) is 0 Å². The van der Waals surface area contributed by atoms with Crippen LogP contribution in [0.3, 0.4) is 0 Å². The van der Waals surface area contributed by atoms with Crippen molar-refractivity contribution >= 4 is 17.5 Å². The van der Waals surface area contributed by atoms with Gasteiger partial charge in [0.15, 0.2) is 0 Å². The lowest BCUT2D eigenvalue weighted by molar-refractivity contribution is -0.861. The predicted octanol–water partition coefficient (Wildman–Crippen LogP) is 3.25. The van der Waals surface area contributed by atoms with Crippen molar-refractivity contribution in [2.45, 2.75) is 25.9 Å². The number of aryl methyl sites for hydroxylation is 1. The Hall–Kier alpha value is -3.03. The number of halogens is 1. The Morgan fingerprint density at radius 1 is 1.31 bits per heavy atom. The van der Waals surface area contributed by atoms with Crippen molar-refractivity contribution in [2.24, 2.45) is 5.73 Å². The number of quaternary nitrogens is 1. The SMILES string of the molecule is C=CC(=O)[N+]1(C)CCN(CC(Nc2ccc(C(N)=O)cc2)c2ccc(C)c(F)c2)C[C@H]1C. The highest BCUT2D eigenvalue weighted by atomic mass is 19.1. The van der Waals surface area contributed by atoms with E-state index in [-0.39, 0.29) is 23.8 Å². The Bertz CT molecular complexity index is 1010. The second-order valence-corrected chi connectivity index (χ2v) is 8.79. The molecule has 0 saturated carbocycles. The predicted molar refractivity (Wildman–Crippen MR) is 125 cm³/mol. The third-order valence-corrected chi connectivity index (χ3v) is 6.60. The monoisotopic (exact) mass is 439 g/mol. The number of carbonyl (C=O) groups excluding carboxylic acids is 2. The fourth-order valence-corrected chi connectivity index (χ4v) is 4.17. The number of nitrogens with two attached hydrogens (primary N) is 1. The molecule has 32 heavy (non-hydrogen) atoms. The molecule has 2 amide bonds. The lowest BCUT2D eigenvalue weighted by Gasteiger charge is -2.45. The van der Waals surface area contributed by atoms with E-state index in [0.29, 0.717) is 28.7 Å². The van der Waals surface area contributed by atoms with Gasteiger partial charge >= 0.3 is 5.91 Å². The van der Waals surface area contributed by atoms with E-state index < -0.39 is 5.91 Å². The van der Waals surface area contributed by atoms with Crippen molar-refractivity contribution in [2.75, 3.05) is 38.5 Å². The van der Waals surface area contributed by atoms with Crippen LogP contribution in [0.25, 0.3) is 0 Å². The fraction of sp³-hybridized carbons (Fsp3) is 0.360. The first kappa shape index (κ1) is 23.6. The molecule has 1 saturated heterocycles. The van der Waals surface area contributed by atoms with Gasteiger partial charge in [-0.05, 0) is 55.3 Å². The molecule has 0 aliphatic carbocycles. The molecular weight excluding hydrogens is 407 g/mol. The lowest BCUT2D eigenvalue weighted by Crippen LogP contribution is -2.65. The molecule has 1 fully saturated rings. The Morgan fingerprint density at radius 2 is 2.00 bits per heavy atom. The number of primary amides is 1. The summed E-state index contributed by atoms with van der Waals surface area (Å²) in [6.07, 6.45) is 1.40. The number of carbonyl (C=O) groups is 2. The topological polar surface area (TPSA) is 75.4 Å². The molecule has 1 aliphatic heterocycles. The molecule has 2 unspecified atom stereocenters. The van der Waals surface area contributed by atoms with E-state index in [1.54, 1.807) is 43.3 Å². The molecule has 6 nitrogen and oxygen atoms in total. The summed E-state index contributed by atoms with van der Waals surface area (Å²) in [7, 11) is 1.96. The van der Waals surface area contributed by atoms with Crippen molar-refractivity contribution in [3.8, 4) is 0 Å². The van der Waals surface area contributed by atoms with E-state index in [4.69, 9.17) is 5.73 Å². The molecule has 2 aromatic rings. The number of nitrogens with zero attached hydrogens (tertiary/aromatic N) is 2. The van der Waals surface area contributed by atoms with Crippen molar-refractivity contribution < 1.29 is 18.5 Å². The Morgan fingerprint density at radius 3 is 2.56 bits per heavy atom. The van der Waals surface area contributed by atoms with Crippen LogP contribution in [0.4, 0.5) is 10.1 Å². The maximum absolute atomic E-state index is 14.3. The molecule has 3 atom stereocenters. The van der Waals surface area contributed by atoms with Gasteiger partial charge in [0.1, 0.15) is 11.9 Å². The van der Waals surface area contributed by atoms with E-state index in [2.05, 4.69) is 23.7 Å². The van der Waals surface area contributed by atoms with Crippen molar-refractivity contribution in [3.05, 3.63) is 77.6 Å². The first-order valence-electron chi connectivity index (χ1n) is 10.8. The summed E-state index contributed by atoms with van der Waals surface area (Å²) in [5.74, 6) is -0.695. The molecule has 3 rings (SSSR count). The van der Waals surface area contributed by atoms with E-state index in [1.807, 2.05) is 13.1 Å². The number of amides is 2. The zero-order chi connectivity index (χ0) is 23.5. The van der Waals surface area contributed by atoms with Gasteiger partial charge in [-0.2, -0.15) is 0 Å². The first-order chi connectivity index (χ1) is 15.1. The van der Waals surface area contributed by atoms with Gasteiger partial charge < -0.3 is 11.1 Å². The van der Waals surface area contributed by atoms with Gasteiger partial charge in [0.05, 0.1) is 26.2 Å². The molecule has 3 N–H and O–H groups in total. The van der Waals surface area contributed by atoms with E-state index in [9.17, 15) is 14.0 Å². The summed E-state index contributed by atoms with van der Waals surface area (Å²) >= 11 is 0. The summed E-state index contributed by atoms with van der Waals surface area (Å²) in [6.45, 7) is 10.3. The zero-order valence-electron chi connectivity index (χ0n) is 19.0. The Balaban J connectivity index is 1.81. The van der Waals surface area contributed by atoms with E-state index in [0.717, 1.165) is 24.3 Å². The maximum atomic E-state index is 14.3. The van der Waals surface area contributed by atoms with Gasteiger partial charge in [-0.3, -0.25) is 14.2 Å². The zero-order valence-corrected chi connectivity index (χ0v) is 19.0. The molecule has 7 heteroatoms. The number of benzene rings is 2. The van der Waals surface area contributed by atoms with E-state index in [1.165, 1.54) is 6.08 Å². The molecule has 1 aliphatic rings. The number of nitrogens with one attached hydrogen (secondary N) is 1. The highest BCUT2D eigenvalue weighted by molar-refractivity contribution is 5.93. The van der Waals surface area contributed by atoms with Crippen LogP contribution in [0.1, 0.15) is 34.5 Å². The van der Waals surface area contributed by atoms with Gasteiger partial charge in [-0.25, -0.2) is 9.18 Å². The lowest BCUT2D eigenvalue weighted by atomic mass is 10.0. The number of likely N-dealkylation sites (N-methyl/N-ethyl adjacent to an activating group) is 1. The minimum atomic E-state index is -0.480. The number of rotatable bonds is 7. The standard InChI is InChI=1S/C25H31FN4O2/c1-5-24(31)30(4)13-12-29(15-18(30)3)16-23(20-7-6-17(2)22(26)14-20)28-21-10-8-19(9-11-21)25(27)32/h5-11,14,18,23H,1,12-13,15-16H2,2-4H3,(H2-,27,28,32)/p+1/t18-,23?,30?/m1/s1. The summed E-state index contributed by atoms with van der Waals surface area (Å²) in [5.41, 5.74) is 8.02. The van der Waals surface area contributed by atoms with Crippen LogP contribution < -0.4 is 11.1 Å². The van der Waals surface area contributed by atoms with Gasteiger partial charge in [-0.1, -0.05) is 18.7 Å². The average molecular weight is 440 g/mol. The number of hydrogen-bond acceptors (Lipinski definition) is 4. The first-order valence-corrected chi connectivity index (χ1v) is 10.8. The smallest absolute Gasteiger partial charge is 0.338 e. The summed E-state index contributed by atoms with van der Waals surface area (Å²) in [6, 6.07) is 12.2. The molecule has 0 radical (unpaired) electrons. The Kier molecular flexibility index (Phi) is 7.11. The molecule has 0 aromatic heterocycles. The summed E-state index contributed by atoms with van der Waals surface area (Å²) in [4.78, 5) is 26.0. The highest BCUT2D eigenvalue weighted by Gasteiger charge is 2.40. The van der Waals surface area contributed by atoms with Crippen LogP contribution in [0.15, 0.2) is 55.1 Å². The molecular formula is C25H32FN4O2+. The van der Waals surface area contributed by atoms with Gasteiger partial charge in [0.25, 0.3) is 0 Å². The molecule has 1 heterocycles. The minimum Gasteiger partial charge on any atom is -0.377 e. The minimum absolute atomic E-state index is 0.0296.